The summed E-state index contributed by atoms with van der Waals surface area (Å²) in [5, 5.41) is 0. The van der Waals surface area contributed by atoms with Gasteiger partial charge in [0.25, 0.3) is 5.56 Å². The molecule has 0 amide bonds. The van der Waals surface area contributed by atoms with Crippen LogP contribution in [-0.2, 0) is 9.53 Å². The van der Waals surface area contributed by atoms with Gasteiger partial charge in [-0.25, -0.2) is 9.79 Å². The number of allylic oxidation sites excluding steroid dienone is 1. The first-order chi connectivity index (χ1) is 17.0. The van der Waals surface area contributed by atoms with Crippen molar-refractivity contribution in [3.8, 4) is 11.5 Å². The van der Waals surface area contributed by atoms with Gasteiger partial charge >= 0.3 is 5.97 Å². The molecule has 1 aromatic heterocycles. The summed E-state index contributed by atoms with van der Waals surface area (Å²) in [5.74, 6) is 0.914. The fourth-order valence-corrected chi connectivity index (χ4v) is 4.91. The van der Waals surface area contributed by atoms with Crippen LogP contribution < -0.4 is 24.4 Å². The van der Waals surface area contributed by atoms with Gasteiger partial charge in [0.1, 0.15) is 18.1 Å². The fourth-order valence-electron chi connectivity index (χ4n) is 3.86. The minimum absolute atomic E-state index is 0.224. The second-order valence-corrected chi connectivity index (χ2v) is 8.75. The fraction of sp³-hybridized carbons (Fsp3) is 0.222. The average molecular weight is 491 g/mol. The minimum atomic E-state index is -0.659. The van der Waals surface area contributed by atoms with Gasteiger partial charge in [-0.15, -0.1) is 0 Å². The summed E-state index contributed by atoms with van der Waals surface area (Å²) >= 11 is 1.28. The van der Waals surface area contributed by atoms with Gasteiger partial charge in [0.2, 0.25) is 0 Å². The zero-order chi connectivity index (χ0) is 24.9. The molecule has 0 radical (unpaired) electrons. The lowest BCUT2D eigenvalue weighted by Gasteiger charge is -2.24. The van der Waals surface area contributed by atoms with Gasteiger partial charge in [-0.3, -0.25) is 9.36 Å². The molecule has 0 saturated heterocycles. The molecule has 0 saturated carbocycles. The molecule has 8 heteroatoms. The van der Waals surface area contributed by atoms with Crippen LogP contribution in [0.2, 0.25) is 0 Å². The Morgan fingerprint density at radius 3 is 2.46 bits per heavy atom. The number of carbonyl (C=O) groups is 1. The van der Waals surface area contributed by atoms with Crippen LogP contribution in [-0.4, -0.2) is 30.9 Å². The molecule has 1 unspecified atom stereocenters. The van der Waals surface area contributed by atoms with Crippen molar-refractivity contribution in [3.05, 3.63) is 103 Å². The Bertz CT molecular complexity index is 1450. The van der Waals surface area contributed by atoms with E-state index in [1.54, 1.807) is 43.7 Å². The number of nitrogens with zero attached hydrogens (tertiary/aromatic N) is 2. The number of esters is 1. The minimum Gasteiger partial charge on any atom is -0.497 e. The SMILES string of the molecule is C=CCOc1ccc(/C=c2/sc3n(c2=O)C(c2ccc(OC)cc2)C(C(=O)OCC)=C(C)N=3)cc1. The van der Waals surface area contributed by atoms with E-state index in [0.717, 1.165) is 16.9 Å². The number of rotatable bonds is 8. The largest absolute Gasteiger partial charge is 0.497 e. The van der Waals surface area contributed by atoms with Gasteiger partial charge in [-0.2, -0.15) is 0 Å². The third kappa shape index (κ3) is 4.97. The summed E-state index contributed by atoms with van der Waals surface area (Å²) in [6.07, 6.45) is 3.50. The Morgan fingerprint density at radius 1 is 1.14 bits per heavy atom. The topological polar surface area (TPSA) is 79.1 Å². The van der Waals surface area contributed by atoms with Crippen molar-refractivity contribution < 1.29 is 19.0 Å². The van der Waals surface area contributed by atoms with Crippen LogP contribution in [0.5, 0.6) is 11.5 Å². The van der Waals surface area contributed by atoms with E-state index < -0.39 is 12.0 Å². The molecule has 1 atom stereocenters. The standard InChI is InChI=1S/C27H26N2O5S/c1-5-15-34-21-11-7-18(8-12-21)16-22-25(30)29-24(19-9-13-20(32-4)14-10-19)23(26(31)33-6-2)17(3)28-27(29)35-22/h5,7-14,16,24H,1,6,15H2,2-4H3/b22-16+. The third-order valence-corrected chi connectivity index (χ3v) is 6.48. The molecule has 4 rings (SSSR count). The summed E-state index contributed by atoms with van der Waals surface area (Å²) in [5.41, 5.74) is 2.26. The van der Waals surface area contributed by atoms with Gasteiger partial charge in [-0.1, -0.05) is 48.3 Å². The lowest BCUT2D eigenvalue weighted by Crippen LogP contribution is -2.39. The first kappa shape index (κ1) is 24.2. The molecule has 2 aromatic carbocycles. The predicted molar refractivity (Wildman–Crippen MR) is 136 cm³/mol. The van der Waals surface area contributed by atoms with Crippen molar-refractivity contribution >= 4 is 23.4 Å². The Balaban J connectivity index is 1.84. The van der Waals surface area contributed by atoms with Gasteiger partial charge in [0.05, 0.1) is 35.6 Å². The smallest absolute Gasteiger partial charge is 0.338 e. The van der Waals surface area contributed by atoms with Crippen molar-refractivity contribution in [1.29, 1.82) is 0 Å². The van der Waals surface area contributed by atoms with E-state index >= 15 is 0 Å². The van der Waals surface area contributed by atoms with Crippen LogP contribution in [0.25, 0.3) is 6.08 Å². The number of methoxy groups -OCH3 is 1. The average Bonchev–Trinajstić information content (AvgIpc) is 3.17. The molecule has 0 N–H and O–H groups in total. The second-order valence-electron chi connectivity index (χ2n) is 7.74. The normalized spacial score (nSPS) is 15.3. The van der Waals surface area contributed by atoms with Gasteiger partial charge in [0, 0.05) is 0 Å². The number of carbonyl (C=O) groups excluding carboxylic acids is 1. The Labute approximate surface area is 206 Å². The highest BCUT2D eigenvalue weighted by atomic mass is 32.1. The summed E-state index contributed by atoms with van der Waals surface area (Å²) in [6.45, 7) is 7.81. The third-order valence-electron chi connectivity index (χ3n) is 5.49. The highest BCUT2D eigenvalue weighted by molar-refractivity contribution is 7.07. The number of hydrogen-bond acceptors (Lipinski definition) is 7. The van der Waals surface area contributed by atoms with Crippen LogP contribution >= 0.6 is 11.3 Å². The molecular formula is C27H26N2O5S. The van der Waals surface area contributed by atoms with Crippen LogP contribution in [0.1, 0.15) is 31.0 Å². The van der Waals surface area contributed by atoms with E-state index in [0.29, 0.717) is 33.0 Å². The summed E-state index contributed by atoms with van der Waals surface area (Å²) in [6, 6.07) is 14.1. The number of aromatic nitrogens is 1. The molecule has 2 heterocycles. The van der Waals surface area contributed by atoms with E-state index in [1.165, 1.54) is 11.3 Å². The van der Waals surface area contributed by atoms with E-state index in [2.05, 4.69) is 11.6 Å². The highest BCUT2D eigenvalue weighted by Crippen LogP contribution is 2.31. The maximum atomic E-state index is 13.6. The van der Waals surface area contributed by atoms with Crippen LogP contribution in [0.15, 0.2) is 82.2 Å². The lowest BCUT2D eigenvalue weighted by molar-refractivity contribution is -0.139. The van der Waals surface area contributed by atoms with Crippen LogP contribution in [0.3, 0.4) is 0 Å². The number of benzene rings is 2. The van der Waals surface area contributed by atoms with Crippen molar-refractivity contribution in [3.63, 3.8) is 0 Å². The van der Waals surface area contributed by atoms with Crippen molar-refractivity contribution in [1.82, 2.24) is 4.57 Å². The van der Waals surface area contributed by atoms with Gasteiger partial charge < -0.3 is 14.2 Å². The molecule has 3 aromatic rings. The number of ether oxygens (including phenoxy) is 3. The van der Waals surface area contributed by atoms with Gasteiger partial charge in [0.15, 0.2) is 4.80 Å². The van der Waals surface area contributed by atoms with E-state index in [-0.39, 0.29) is 12.2 Å². The molecule has 0 bridgehead atoms. The van der Waals surface area contributed by atoms with Crippen LogP contribution in [0, 0.1) is 0 Å². The second kappa shape index (κ2) is 10.6. The van der Waals surface area contributed by atoms with Crippen molar-refractivity contribution in [2.45, 2.75) is 19.9 Å². The van der Waals surface area contributed by atoms with Crippen LogP contribution in [0.4, 0.5) is 0 Å². The zero-order valence-electron chi connectivity index (χ0n) is 19.8. The summed E-state index contributed by atoms with van der Waals surface area (Å²) in [7, 11) is 1.59. The molecular weight excluding hydrogens is 464 g/mol. The zero-order valence-corrected chi connectivity index (χ0v) is 20.6. The molecule has 0 aliphatic carbocycles. The summed E-state index contributed by atoms with van der Waals surface area (Å²) < 4.78 is 18.2. The van der Waals surface area contributed by atoms with E-state index in [1.807, 2.05) is 42.5 Å². The van der Waals surface area contributed by atoms with E-state index in [4.69, 9.17) is 14.2 Å². The molecule has 1 aliphatic heterocycles. The monoisotopic (exact) mass is 490 g/mol. The van der Waals surface area contributed by atoms with Gasteiger partial charge in [-0.05, 0) is 55.3 Å². The Kier molecular flexibility index (Phi) is 7.31. The summed E-state index contributed by atoms with van der Waals surface area (Å²) in [4.78, 5) is 31.7. The Hall–Kier alpha value is -3.91. The number of hydrogen-bond donors (Lipinski definition) is 0. The maximum absolute atomic E-state index is 13.6. The Morgan fingerprint density at radius 2 is 1.83 bits per heavy atom. The lowest BCUT2D eigenvalue weighted by atomic mass is 9.96. The van der Waals surface area contributed by atoms with Crippen molar-refractivity contribution in [2.75, 3.05) is 20.3 Å². The quantitative estimate of drug-likeness (QED) is 0.357. The van der Waals surface area contributed by atoms with E-state index in [9.17, 15) is 9.59 Å². The molecule has 1 aliphatic rings. The number of thiazole rings is 1. The molecule has 0 spiro atoms. The molecule has 180 valence electrons. The molecule has 35 heavy (non-hydrogen) atoms. The first-order valence-electron chi connectivity index (χ1n) is 11.1. The molecule has 7 nitrogen and oxygen atoms in total. The number of fused-ring (bicyclic) bond motifs is 1. The molecule has 0 fully saturated rings. The predicted octanol–water partition coefficient (Wildman–Crippen LogP) is 3.37. The van der Waals surface area contributed by atoms with Crippen molar-refractivity contribution in [2.24, 2.45) is 4.99 Å². The first-order valence-corrected chi connectivity index (χ1v) is 12.0. The maximum Gasteiger partial charge on any atom is 0.338 e. The highest BCUT2D eigenvalue weighted by Gasteiger charge is 2.33.